The Kier molecular flexibility index (Phi) is 3.62. The number of pyridine rings is 2. The smallest absolute Gasteiger partial charge is 0.229 e. The molecule has 4 aromatic rings. The van der Waals surface area contributed by atoms with Crippen molar-refractivity contribution >= 4 is 37.5 Å². The van der Waals surface area contributed by atoms with Gasteiger partial charge in [-0.1, -0.05) is 36.4 Å². The van der Waals surface area contributed by atoms with Gasteiger partial charge < -0.3 is 0 Å². The van der Waals surface area contributed by atoms with E-state index in [9.17, 15) is 8.42 Å². The average molecular weight is 349 g/mol. The van der Waals surface area contributed by atoms with Gasteiger partial charge in [-0.05, 0) is 29.1 Å². The van der Waals surface area contributed by atoms with Gasteiger partial charge in [-0.25, -0.2) is 18.4 Å². The highest BCUT2D eigenvalue weighted by Gasteiger charge is 2.07. The lowest BCUT2D eigenvalue weighted by Gasteiger charge is -2.08. The maximum atomic E-state index is 11.3. The minimum Gasteiger partial charge on any atom is -0.284 e. The molecule has 0 aliphatic carbocycles. The van der Waals surface area contributed by atoms with Crippen molar-refractivity contribution in [3.05, 3.63) is 67.0 Å². The summed E-state index contributed by atoms with van der Waals surface area (Å²) in [5.41, 5.74) is 3.16. The third kappa shape index (κ3) is 3.16. The molecule has 0 amide bonds. The van der Waals surface area contributed by atoms with E-state index in [0.29, 0.717) is 11.3 Å². The van der Waals surface area contributed by atoms with Crippen LogP contribution >= 0.6 is 0 Å². The van der Waals surface area contributed by atoms with Crippen LogP contribution in [-0.2, 0) is 10.0 Å². The van der Waals surface area contributed by atoms with E-state index in [4.69, 9.17) is 0 Å². The summed E-state index contributed by atoms with van der Waals surface area (Å²) < 4.78 is 25.1. The summed E-state index contributed by atoms with van der Waals surface area (Å²) in [5, 5.41) is 3.17. The molecular weight excluding hydrogens is 334 g/mol. The first kappa shape index (κ1) is 15.5. The molecule has 1 N–H and O–H groups in total. The van der Waals surface area contributed by atoms with Crippen molar-refractivity contribution in [3.63, 3.8) is 0 Å². The zero-order valence-electron chi connectivity index (χ0n) is 13.5. The van der Waals surface area contributed by atoms with Crippen molar-refractivity contribution in [3.8, 4) is 11.1 Å². The fraction of sp³-hybridized carbons (Fsp3) is 0.0526. The van der Waals surface area contributed by atoms with Gasteiger partial charge in [0.1, 0.15) is 0 Å². The molecule has 2 heterocycles. The summed E-state index contributed by atoms with van der Waals surface area (Å²) in [7, 11) is -3.28. The highest BCUT2D eigenvalue weighted by molar-refractivity contribution is 7.92. The number of anilines is 1. The predicted molar refractivity (Wildman–Crippen MR) is 101 cm³/mol. The second-order valence-corrected chi connectivity index (χ2v) is 7.64. The maximum Gasteiger partial charge on any atom is 0.229 e. The lowest BCUT2D eigenvalue weighted by atomic mass is 10.0. The molecule has 0 aliphatic rings. The van der Waals surface area contributed by atoms with Gasteiger partial charge in [0, 0.05) is 34.4 Å². The van der Waals surface area contributed by atoms with Gasteiger partial charge in [-0.2, -0.15) is 0 Å². The van der Waals surface area contributed by atoms with Crippen LogP contribution in [0.1, 0.15) is 0 Å². The number of hydrogen-bond donors (Lipinski definition) is 1. The Morgan fingerprint density at radius 2 is 1.56 bits per heavy atom. The summed E-state index contributed by atoms with van der Waals surface area (Å²) in [6.45, 7) is 0. The van der Waals surface area contributed by atoms with E-state index in [1.54, 1.807) is 18.3 Å². The highest BCUT2D eigenvalue weighted by Crippen LogP contribution is 2.28. The number of nitrogens with one attached hydrogen (secondary N) is 1. The molecule has 0 unspecified atom stereocenters. The van der Waals surface area contributed by atoms with Crippen molar-refractivity contribution in [1.82, 2.24) is 9.97 Å². The Hall–Kier alpha value is -2.99. The van der Waals surface area contributed by atoms with E-state index >= 15 is 0 Å². The van der Waals surface area contributed by atoms with Crippen LogP contribution in [0.2, 0.25) is 0 Å². The van der Waals surface area contributed by atoms with E-state index in [2.05, 4.69) is 26.8 Å². The fourth-order valence-corrected chi connectivity index (χ4v) is 3.41. The summed E-state index contributed by atoms with van der Waals surface area (Å²) >= 11 is 0. The van der Waals surface area contributed by atoms with Crippen LogP contribution in [0.5, 0.6) is 0 Å². The van der Waals surface area contributed by atoms with E-state index in [1.807, 2.05) is 36.5 Å². The zero-order chi connectivity index (χ0) is 17.4. The van der Waals surface area contributed by atoms with Crippen LogP contribution in [0, 0.1) is 0 Å². The van der Waals surface area contributed by atoms with Crippen molar-refractivity contribution in [2.45, 2.75) is 0 Å². The third-order valence-corrected chi connectivity index (χ3v) is 4.57. The van der Waals surface area contributed by atoms with Crippen LogP contribution in [0.25, 0.3) is 32.9 Å². The molecule has 2 aromatic carbocycles. The molecule has 25 heavy (non-hydrogen) atoms. The molecule has 0 saturated heterocycles. The number of nitrogens with zero attached hydrogens (tertiary/aromatic N) is 2. The normalized spacial score (nSPS) is 11.7. The average Bonchev–Trinajstić information content (AvgIpc) is 2.60. The molecule has 0 aliphatic heterocycles. The lowest BCUT2D eigenvalue weighted by Crippen LogP contribution is -2.09. The minimum atomic E-state index is -3.28. The molecule has 4 rings (SSSR count). The van der Waals surface area contributed by atoms with E-state index in [-0.39, 0.29) is 0 Å². The minimum absolute atomic E-state index is 0.534. The summed E-state index contributed by atoms with van der Waals surface area (Å²) in [5.74, 6) is 0. The van der Waals surface area contributed by atoms with E-state index in [0.717, 1.165) is 33.5 Å². The SMILES string of the molecule is CS(=O)(=O)Nc1ccc(-c2cnc3ncc4ccccc4c3c2)cc1. The van der Waals surface area contributed by atoms with Gasteiger partial charge in [0.2, 0.25) is 10.0 Å². The molecule has 0 atom stereocenters. The first-order chi connectivity index (χ1) is 12.0. The van der Waals surface area contributed by atoms with Gasteiger partial charge >= 0.3 is 0 Å². The number of fused-ring (bicyclic) bond motifs is 3. The summed E-state index contributed by atoms with van der Waals surface area (Å²) in [6.07, 6.45) is 4.74. The first-order valence-electron chi connectivity index (χ1n) is 7.71. The van der Waals surface area contributed by atoms with Crippen LogP contribution in [0.3, 0.4) is 0 Å². The predicted octanol–water partition coefficient (Wildman–Crippen LogP) is 3.82. The molecule has 5 nitrogen and oxygen atoms in total. The molecular formula is C19H15N3O2S. The van der Waals surface area contributed by atoms with Gasteiger partial charge in [0.25, 0.3) is 0 Å². The standard InChI is InChI=1S/C19H15N3O2S/c1-25(23,24)22-16-8-6-13(7-9-16)15-10-18-17-5-3-2-4-14(17)11-20-19(18)21-12-15/h2-12,22H,1H3. The van der Waals surface area contributed by atoms with Crippen LogP contribution < -0.4 is 4.72 Å². The molecule has 124 valence electrons. The summed E-state index contributed by atoms with van der Waals surface area (Å²) in [6, 6.07) is 17.4. The molecule has 0 fully saturated rings. The molecule has 0 spiro atoms. The van der Waals surface area contributed by atoms with E-state index in [1.165, 1.54) is 0 Å². The van der Waals surface area contributed by atoms with Gasteiger partial charge in [0.05, 0.1) is 6.26 Å². The van der Waals surface area contributed by atoms with Gasteiger partial charge in [-0.15, -0.1) is 0 Å². The Balaban J connectivity index is 1.80. The van der Waals surface area contributed by atoms with Crippen LogP contribution in [-0.4, -0.2) is 24.6 Å². The Bertz CT molecular complexity index is 1190. The molecule has 0 saturated carbocycles. The fourth-order valence-electron chi connectivity index (χ4n) is 2.85. The van der Waals surface area contributed by atoms with Crippen LogP contribution in [0.4, 0.5) is 5.69 Å². The number of hydrogen-bond acceptors (Lipinski definition) is 4. The number of rotatable bonds is 3. The highest BCUT2D eigenvalue weighted by atomic mass is 32.2. The second kappa shape index (κ2) is 5.82. The number of sulfonamides is 1. The largest absolute Gasteiger partial charge is 0.284 e. The third-order valence-electron chi connectivity index (χ3n) is 3.97. The Morgan fingerprint density at radius 3 is 2.32 bits per heavy atom. The maximum absolute atomic E-state index is 11.3. The molecule has 0 radical (unpaired) electrons. The zero-order valence-corrected chi connectivity index (χ0v) is 14.3. The van der Waals surface area contributed by atoms with Crippen molar-refractivity contribution in [2.75, 3.05) is 11.0 Å². The summed E-state index contributed by atoms with van der Waals surface area (Å²) in [4.78, 5) is 8.88. The Labute approximate surface area is 145 Å². The number of benzene rings is 2. The monoisotopic (exact) mass is 349 g/mol. The Morgan fingerprint density at radius 1 is 0.840 bits per heavy atom. The van der Waals surface area contributed by atoms with Gasteiger partial charge in [0.15, 0.2) is 5.65 Å². The quantitative estimate of drug-likeness (QED) is 0.571. The van der Waals surface area contributed by atoms with E-state index < -0.39 is 10.0 Å². The molecule has 2 aromatic heterocycles. The van der Waals surface area contributed by atoms with Crippen molar-refractivity contribution < 1.29 is 8.42 Å². The molecule has 0 bridgehead atoms. The second-order valence-electron chi connectivity index (χ2n) is 5.89. The lowest BCUT2D eigenvalue weighted by molar-refractivity contribution is 0.607. The van der Waals surface area contributed by atoms with Crippen LogP contribution in [0.15, 0.2) is 67.0 Å². The van der Waals surface area contributed by atoms with Crippen molar-refractivity contribution in [1.29, 1.82) is 0 Å². The number of aromatic nitrogens is 2. The molecule has 6 heteroatoms. The van der Waals surface area contributed by atoms with Gasteiger partial charge in [-0.3, -0.25) is 4.72 Å². The van der Waals surface area contributed by atoms with Crippen molar-refractivity contribution in [2.24, 2.45) is 0 Å². The first-order valence-corrected chi connectivity index (χ1v) is 9.60. The topological polar surface area (TPSA) is 72.0 Å².